The summed E-state index contributed by atoms with van der Waals surface area (Å²) in [5.41, 5.74) is 6.27. The molecule has 0 saturated carbocycles. The van der Waals surface area contributed by atoms with Gasteiger partial charge in [0.2, 0.25) is 0 Å². The van der Waals surface area contributed by atoms with Crippen molar-refractivity contribution >= 4 is 38.9 Å². The van der Waals surface area contributed by atoms with E-state index in [2.05, 4.69) is 26.2 Å². The molecule has 2 aromatic rings. The number of benzene rings is 1. The van der Waals surface area contributed by atoms with Gasteiger partial charge >= 0.3 is 0 Å². The van der Waals surface area contributed by atoms with Crippen molar-refractivity contribution in [2.45, 2.75) is 0 Å². The summed E-state index contributed by atoms with van der Waals surface area (Å²) in [5.74, 6) is -0.492. The van der Waals surface area contributed by atoms with Gasteiger partial charge in [0.25, 0.3) is 11.6 Å². The number of carbonyl (C=O) groups is 1. The number of nitrogens with one attached hydrogen (secondary N) is 1. The Morgan fingerprint density at radius 3 is 2.75 bits per heavy atom. The molecule has 20 heavy (non-hydrogen) atoms. The highest BCUT2D eigenvalue weighted by Gasteiger charge is 2.14. The van der Waals surface area contributed by atoms with Crippen LogP contribution in [0.3, 0.4) is 0 Å². The molecule has 7 nitrogen and oxygen atoms in total. The van der Waals surface area contributed by atoms with Gasteiger partial charge in [-0.3, -0.25) is 19.9 Å². The molecule has 1 aromatic heterocycles. The molecular formula is C12H9BrN4O3. The molecule has 3 N–H and O–H groups in total. The fourth-order valence-corrected chi connectivity index (χ4v) is 1.89. The monoisotopic (exact) mass is 336 g/mol. The van der Waals surface area contributed by atoms with E-state index in [-0.39, 0.29) is 11.4 Å². The highest BCUT2D eigenvalue weighted by molar-refractivity contribution is 9.10. The summed E-state index contributed by atoms with van der Waals surface area (Å²) in [7, 11) is 0. The van der Waals surface area contributed by atoms with Gasteiger partial charge in [0, 0.05) is 23.6 Å². The number of nitrogens with two attached hydrogens (primary N) is 1. The van der Waals surface area contributed by atoms with Crippen LogP contribution in [0.1, 0.15) is 10.5 Å². The van der Waals surface area contributed by atoms with Crippen molar-refractivity contribution in [1.29, 1.82) is 0 Å². The highest BCUT2D eigenvalue weighted by Crippen LogP contribution is 2.27. The first-order valence-corrected chi connectivity index (χ1v) is 6.23. The fraction of sp³-hybridized carbons (Fsp3) is 0. The van der Waals surface area contributed by atoms with Crippen LogP contribution in [-0.4, -0.2) is 15.8 Å². The first kappa shape index (κ1) is 13.9. The number of nitro groups is 1. The molecule has 102 valence electrons. The molecule has 0 spiro atoms. The molecule has 0 fully saturated rings. The number of nitrogens with zero attached hydrogens (tertiary/aromatic N) is 2. The van der Waals surface area contributed by atoms with Gasteiger partial charge in [0.15, 0.2) is 0 Å². The quantitative estimate of drug-likeness (QED) is 0.660. The van der Waals surface area contributed by atoms with E-state index in [1.807, 2.05) is 0 Å². The summed E-state index contributed by atoms with van der Waals surface area (Å²) in [6.45, 7) is 0. The molecule has 1 aromatic carbocycles. The third-order valence-corrected chi connectivity index (χ3v) is 3.09. The van der Waals surface area contributed by atoms with E-state index in [1.54, 1.807) is 12.1 Å². The van der Waals surface area contributed by atoms with Gasteiger partial charge in [-0.25, -0.2) is 0 Å². The Hall–Kier alpha value is -2.48. The lowest BCUT2D eigenvalue weighted by atomic mass is 10.2. The van der Waals surface area contributed by atoms with Crippen molar-refractivity contribution in [3.63, 3.8) is 0 Å². The van der Waals surface area contributed by atoms with Crippen molar-refractivity contribution in [2.24, 2.45) is 0 Å². The maximum Gasteiger partial charge on any atom is 0.285 e. The van der Waals surface area contributed by atoms with Crippen LogP contribution in [0.15, 0.2) is 41.0 Å². The van der Waals surface area contributed by atoms with Crippen molar-refractivity contribution in [3.8, 4) is 0 Å². The minimum Gasteiger partial charge on any atom is -0.399 e. The van der Waals surface area contributed by atoms with Crippen molar-refractivity contribution in [3.05, 3.63) is 56.8 Å². The molecule has 0 aliphatic carbocycles. The van der Waals surface area contributed by atoms with E-state index in [4.69, 9.17) is 5.73 Å². The average Bonchev–Trinajstić information content (AvgIpc) is 2.40. The third-order valence-electron chi connectivity index (χ3n) is 2.42. The number of hydrogen-bond donors (Lipinski definition) is 2. The molecule has 1 heterocycles. The highest BCUT2D eigenvalue weighted by atomic mass is 79.9. The Balaban J connectivity index is 2.24. The van der Waals surface area contributed by atoms with Crippen molar-refractivity contribution < 1.29 is 9.72 Å². The average molecular weight is 337 g/mol. The number of halogens is 1. The van der Waals surface area contributed by atoms with E-state index >= 15 is 0 Å². The SMILES string of the molecule is Nc1ccnc(C(=O)Nc2ccc(Br)c([N+](=O)[O-])c2)c1. The first-order chi connectivity index (χ1) is 9.47. The Kier molecular flexibility index (Phi) is 3.94. The van der Waals surface area contributed by atoms with Crippen LogP contribution in [0.2, 0.25) is 0 Å². The Bertz CT molecular complexity index is 690. The predicted octanol–water partition coefficient (Wildman–Crippen LogP) is 2.59. The first-order valence-electron chi connectivity index (χ1n) is 5.44. The fourth-order valence-electron chi connectivity index (χ4n) is 1.50. The van der Waals surface area contributed by atoms with E-state index in [0.717, 1.165) is 0 Å². The van der Waals surface area contributed by atoms with Crippen LogP contribution in [-0.2, 0) is 0 Å². The number of hydrogen-bond acceptors (Lipinski definition) is 5. The van der Waals surface area contributed by atoms with Gasteiger partial charge in [-0.1, -0.05) is 0 Å². The minimum absolute atomic E-state index is 0.135. The number of amides is 1. The normalized spacial score (nSPS) is 10.1. The van der Waals surface area contributed by atoms with Crippen LogP contribution in [0.25, 0.3) is 0 Å². The maximum absolute atomic E-state index is 11.9. The number of rotatable bonds is 3. The second kappa shape index (κ2) is 5.66. The lowest BCUT2D eigenvalue weighted by molar-refractivity contribution is -0.385. The smallest absolute Gasteiger partial charge is 0.285 e. The predicted molar refractivity (Wildman–Crippen MR) is 77.4 cm³/mol. The van der Waals surface area contributed by atoms with Gasteiger partial charge in [0.05, 0.1) is 9.40 Å². The van der Waals surface area contributed by atoms with E-state index in [0.29, 0.717) is 15.8 Å². The molecule has 0 aliphatic heterocycles. The minimum atomic E-state index is -0.543. The number of aromatic nitrogens is 1. The van der Waals surface area contributed by atoms with E-state index < -0.39 is 10.8 Å². The summed E-state index contributed by atoms with van der Waals surface area (Å²) < 4.78 is 0.336. The van der Waals surface area contributed by atoms with Gasteiger partial charge in [0.1, 0.15) is 5.69 Å². The second-order valence-corrected chi connectivity index (χ2v) is 4.71. The van der Waals surface area contributed by atoms with E-state index in [9.17, 15) is 14.9 Å². The zero-order chi connectivity index (χ0) is 14.7. The molecule has 1 amide bonds. The standard InChI is InChI=1S/C12H9BrN4O3/c13-9-2-1-8(6-11(9)17(19)20)16-12(18)10-5-7(14)3-4-15-10/h1-6H,(H2,14,15)(H,16,18). The van der Waals surface area contributed by atoms with Crippen LogP contribution in [0, 0.1) is 10.1 Å². The third kappa shape index (κ3) is 3.09. The van der Waals surface area contributed by atoms with Crippen molar-refractivity contribution in [2.75, 3.05) is 11.1 Å². The summed E-state index contributed by atoms with van der Waals surface area (Å²) >= 11 is 3.07. The van der Waals surface area contributed by atoms with Crippen molar-refractivity contribution in [1.82, 2.24) is 4.98 Å². The number of nitrogen functional groups attached to an aromatic ring is 1. The number of nitro benzene ring substituents is 1. The Labute approximate surface area is 122 Å². The lowest BCUT2D eigenvalue weighted by Crippen LogP contribution is -2.14. The topological polar surface area (TPSA) is 111 Å². The molecule has 0 unspecified atom stereocenters. The largest absolute Gasteiger partial charge is 0.399 e. The number of carbonyl (C=O) groups excluding carboxylic acids is 1. The molecule has 0 saturated heterocycles. The van der Waals surface area contributed by atoms with Gasteiger partial charge < -0.3 is 11.1 Å². The summed E-state index contributed by atoms with van der Waals surface area (Å²) in [6.07, 6.45) is 1.41. The second-order valence-electron chi connectivity index (χ2n) is 3.85. The molecule has 0 radical (unpaired) electrons. The van der Waals surface area contributed by atoms with Crippen LogP contribution in [0.4, 0.5) is 17.1 Å². The molecule has 2 rings (SSSR count). The molecule has 0 bridgehead atoms. The zero-order valence-electron chi connectivity index (χ0n) is 10.0. The molecule has 8 heteroatoms. The summed E-state index contributed by atoms with van der Waals surface area (Å²) in [5, 5.41) is 13.3. The maximum atomic E-state index is 11.9. The van der Waals surface area contributed by atoms with Crippen LogP contribution in [0.5, 0.6) is 0 Å². The summed E-state index contributed by atoms with van der Waals surface area (Å²) in [4.78, 5) is 26.1. The Morgan fingerprint density at radius 1 is 1.35 bits per heavy atom. The molecule has 0 atom stereocenters. The van der Waals surface area contributed by atoms with Crippen LogP contribution >= 0.6 is 15.9 Å². The molecule has 0 aliphatic rings. The Morgan fingerprint density at radius 2 is 2.10 bits per heavy atom. The lowest BCUT2D eigenvalue weighted by Gasteiger charge is -2.05. The number of anilines is 2. The van der Waals surface area contributed by atoms with Gasteiger partial charge in [-0.2, -0.15) is 0 Å². The van der Waals surface area contributed by atoms with Gasteiger partial charge in [-0.15, -0.1) is 0 Å². The zero-order valence-corrected chi connectivity index (χ0v) is 11.6. The number of pyridine rings is 1. The van der Waals surface area contributed by atoms with E-state index in [1.165, 1.54) is 24.4 Å². The summed E-state index contributed by atoms with van der Waals surface area (Å²) in [6, 6.07) is 7.26. The molecular weight excluding hydrogens is 328 g/mol. The van der Waals surface area contributed by atoms with Gasteiger partial charge in [-0.05, 0) is 40.2 Å². The van der Waals surface area contributed by atoms with Crippen LogP contribution < -0.4 is 11.1 Å².